The van der Waals surface area contributed by atoms with E-state index in [0.29, 0.717) is 17.8 Å². The van der Waals surface area contributed by atoms with Gasteiger partial charge in [-0.25, -0.2) is 4.98 Å². The van der Waals surface area contributed by atoms with Crippen LogP contribution in [0.5, 0.6) is 0 Å². The van der Waals surface area contributed by atoms with Gasteiger partial charge in [0.1, 0.15) is 5.82 Å². The van der Waals surface area contributed by atoms with Crippen LogP contribution in [0.15, 0.2) is 18.3 Å². The van der Waals surface area contributed by atoms with Crippen molar-refractivity contribution in [1.29, 1.82) is 0 Å². The van der Waals surface area contributed by atoms with E-state index >= 15 is 0 Å². The molecule has 5 nitrogen and oxygen atoms in total. The number of rotatable bonds is 6. The van der Waals surface area contributed by atoms with Crippen LogP contribution in [0.4, 0.5) is 5.82 Å². The lowest BCUT2D eigenvalue weighted by Crippen LogP contribution is -2.23. The van der Waals surface area contributed by atoms with E-state index in [-0.39, 0.29) is 12.6 Å². The zero-order chi connectivity index (χ0) is 12.0. The maximum Gasteiger partial charge on any atom is 0.252 e. The number of anilines is 1. The van der Waals surface area contributed by atoms with E-state index in [9.17, 15) is 4.79 Å². The van der Waals surface area contributed by atoms with E-state index in [4.69, 9.17) is 10.8 Å². The van der Waals surface area contributed by atoms with Gasteiger partial charge in [-0.1, -0.05) is 6.92 Å². The van der Waals surface area contributed by atoms with E-state index in [2.05, 4.69) is 10.3 Å². The van der Waals surface area contributed by atoms with Crippen molar-refractivity contribution in [1.82, 2.24) is 4.98 Å². The summed E-state index contributed by atoms with van der Waals surface area (Å²) in [5.74, 6) is -0.0234. The number of hydrogen-bond donors (Lipinski definition) is 3. The molecule has 0 saturated heterocycles. The number of hydrogen-bond acceptors (Lipinski definition) is 4. The van der Waals surface area contributed by atoms with Gasteiger partial charge in [-0.3, -0.25) is 4.79 Å². The molecular weight excluding hydrogens is 206 g/mol. The van der Waals surface area contributed by atoms with Crippen LogP contribution in [0.25, 0.3) is 0 Å². The van der Waals surface area contributed by atoms with Gasteiger partial charge in [0.15, 0.2) is 0 Å². The Hall–Kier alpha value is -1.62. The van der Waals surface area contributed by atoms with E-state index in [1.807, 2.05) is 6.92 Å². The number of primary amides is 1. The summed E-state index contributed by atoms with van der Waals surface area (Å²) in [5.41, 5.74) is 5.61. The fourth-order valence-electron chi connectivity index (χ4n) is 1.45. The third-order valence-corrected chi connectivity index (χ3v) is 2.38. The molecule has 5 heteroatoms. The van der Waals surface area contributed by atoms with Crippen molar-refractivity contribution < 1.29 is 9.90 Å². The van der Waals surface area contributed by atoms with Crippen LogP contribution in [0.3, 0.4) is 0 Å². The third kappa shape index (κ3) is 3.20. The molecule has 4 N–H and O–H groups in total. The number of amides is 1. The first kappa shape index (κ1) is 12.4. The van der Waals surface area contributed by atoms with Crippen molar-refractivity contribution in [2.45, 2.75) is 25.8 Å². The molecule has 1 aromatic rings. The Bertz CT molecular complexity index is 355. The van der Waals surface area contributed by atoms with Crippen LogP contribution in [-0.2, 0) is 0 Å². The van der Waals surface area contributed by atoms with Gasteiger partial charge in [0, 0.05) is 18.8 Å². The average Bonchev–Trinajstić information content (AvgIpc) is 2.29. The Morgan fingerprint density at radius 2 is 2.44 bits per heavy atom. The van der Waals surface area contributed by atoms with Gasteiger partial charge in [0.05, 0.1) is 5.56 Å². The number of pyridine rings is 1. The molecular formula is C11H17N3O2. The first-order chi connectivity index (χ1) is 7.69. The molecule has 1 heterocycles. The van der Waals surface area contributed by atoms with Gasteiger partial charge >= 0.3 is 0 Å². The second-order valence-electron chi connectivity index (χ2n) is 3.53. The second-order valence-corrected chi connectivity index (χ2v) is 3.53. The fraction of sp³-hybridized carbons (Fsp3) is 0.455. The Morgan fingerprint density at radius 1 is 1.69 bits per heavy atom. The highest BCUT2D eigenvalue weighted by molar-refractivity contribution is 5.97. The number of nitrogens with one attached hydrogen (secondary N) is 1. The summed E-state index contributed by atoms with van der Waals surface area (Å²) in [6, 6.07) is 3.39. The summed E-state index contributed by atoms with van der Waals surface area (Å²) in [6.45, 7) is 2.10. The highest BCUT2D eigenvalue weighted by Gasteiger charge is 2.12. The van der Waals surface area contributed by atoms with Gasteiger partial charge in [-0.05, 0) is 25.0 Å². The lowest BCUT2D eigenvalue weighted by molar-refractivity contribution is 0.100. The Balaban J connectivity index is 2.82. The van der Waals surface area contributed by atoms with Gasteiger partial charge in [-0.15, -0.1) is 0 Å². The number of carbonyl (C=O) groups is 1. The third-order valence-electron chi connectivity index (χ3n) is 2.38. The molecule has 1 atom stereocenters. The number of nitrogens with two attached hydrogens (primary N) is 1. The predicted octanol–water partition coefficient (Wildman–Crippen LogP) is 0.753. The Morgan fingerprint density at radius 3 is 3.00 bits per heavy atom. The van der Waals surface area contributed by atoms with Crippen LogP contribution < -0.4 is 11.1 Å². The van der Waals surface area contributed by atoms with Crippen LogP contribution in [0.2, 0.25) is 0 Å². The summed E-state index contributed by atoms with van der Waals surface area (Å²) in [5, 5.41) is 12.0. The van der Waals surface area contributed by atoms with Gasteiger partial charge in [0.2, 0.25) is 0 Å². The number of nitrogens with zero attached hydrogens (tertiary/aromatic N) is 1. The van der Waals surface area contributed by atoms with Crippen LogP contribution >= 0.6 is 0 Å². The standard InChI is InChI=1S/C11H17N3O2/c1-2-8(5-7-15)14-11-9(10(12)16)4-3-6-13-11/h3-4,6,8,15H,2,5,7H2,1H3,(H2,12,16)(H,13,14). The number of carbonyl (C=O) groups excluding carboxylic acids is 1. The van der Waals surface area contributed by atoms with Gasteiger partial charge < -0.3 is 16.2 Å². The maximum absolute atomic E-state index is 11.1. The zero-order valence-corrected chi connectivity index (χ0v) is 9.31. The van der Waals surface area contributed by atoms with Crippen LogP contribution in [0.1, 0.15) is 30.1 Å². The van der Waals surface area contributed by atoms with E-state index in [1.165, 1.54) is 0 Å². The highest BCUT2D eigenvalue weighted by Crippen LogP contribution is 2.14. The van der Waals surface area contributed by atoms with Crippen molar-refractivity contribution in [3.8, 4) is 0 Å². The van der Waals surface area contributed by atoms with E-state index < -0.39 is 5.91 Å². The fourth-order valence-corrected chi connectivity index (χ4v) is 1.45. The smallest absolute Gasteiger partial charge is 0.252 e. The molecule has 0 aromatic carbocycles. The molecule has 0 aliphatic rings. The first-order valence-corrected chi connectivity index (χ1v) is 5.31. The molecule has 1 aromatic heterocycles. The van der Waals surface area contributed by atoms with Crippen molar-refractivity contribution in [3.63, 3.8) is 0 Å². The molecule has 1 rings (SSSR count). The molecule has 1 unspecified atom stereocenters. The normalized spacial score (nSPS) is 12.1. The SMILES string of the molecule is CCC(CCO)Nc1ncccc1C(N)=O. The molecule has 0 fully saturated rings. The molecule has 0 aliphatic carbocycles. The molecule has 0 radical (unpaired) electrons. The topological polar surface area (TPSA) is 88.2 Å². The average molecular weight is 223 g/mol. The predicted molar refractivity (Wildman–Crippen MR) is 62.2 cm³/mol. The van der Waals surface area contributed by atoms with Crippen LogP contribution in [-0.4, -0.2) is 28.6 Å². The first-order valence-electron chi connectivity index (χ1n) is 5.31. The Labute approximate surface area is 94.7 Å². The van der Waals surface area contributed by atoms with Gasteiger partial charge in [0.25, 0.3) is 5.91 Å². The second kappa shape index (κ2) is 6.07. The van der Waals surface area contributed by atoms with E-state index in [1.54, 1.807) is 18.3 Å². The van der Waals surface area contributed by atoms with Crippen molar-refractivity contribution >= 4 is 11.7 Å². The molecule has 16 heavy (non-hydrogen) atoms. The zero-order valence-electron chi connectivity index (χ0n) is 9.31. The molecule has 0 bridgehead atoms. The molecule has 0 spiro atoms. The Kier molecular flexibility index (Phi) is 4.72. The lowest BCUT2D eigenvalue weighted by Gasteiger charge is -2.17. The minimum Gasteiger partial charge on any atom is -0.396 e. The van der Waals surface area contributed by atoms with E-state index in [0.717, 1.165) is 6.42 Å². The van der Waals surface area contributed by atoms with Crippen LogP contribution in [0, 0.1) is 0 Å². The summed E-state index contributed by atoms with van der Waals surface area (Å²) in [4.78, 5) is 15.2. The minimum absolute atomic E-state index is 0.0954. The highest BCUT2D eigenvalue weighted by atomic mass is 16.3. The number of aromatic nitrogens is 1. The lowest BCUT2D eigenvalue weighted by atomic mass is 10.1. The number of aliphatic hydroxyl groups is 1. The van der Waals surface area contributed by atoms with Crippen molar-refractivity contribution in [2.75, 3.05) is 11.9 Å². The monoisotopic (exact) mass is 223 g/mol. The molecule has 0 saturated carbocycles. The summed E-state index contributed by atoms with van der Waals surface area (Å²) in [7, 11) is 0. The van der Waals surface area contributed by atoms with Crippen molar-refractivity contribution in [3.05, 3.63) is 23.9 Å². The van der Waals surface area contributed by atoms with Gasteiger partial charge in [-0.2, -0.15) is 0 Å². The molecule has 0 aliphatic heterocycles. The van der Waals surface area contributed by atoms with Crippen molar-refractivity contribution in [2.24, 2.45) is 5.73 Å². The largest absolute Gasteiger partial charge is 0.396 e. The minimum atomic E-state index is -0.505. The summed E-state index contributed by atoms with van der Waals surface area (Å²) >= 11 is 0. The summed E-state index contributed by atoms with van der Waals surface area (Å²) < 4.78 is 0. The number of aliphatic hydroxyl groups excluding tert-OH is 1. The molecule has 88 valence electrons. The maximum atomic E-state index is 11.1. The quantitative estimate of drug-likeness (QED) is 0.664. The molecule has 1 amide bonds. The summed E-state index contributed by atoms with van der Waals surface area (Å²) in [6.07, 6.45) is 3.06.